The zero-order chi connectivity index (χ0) is 16.1. The van der Waals surface area contributed by atoms with Gasteiger partial charge in [0.1, 0.15) is 17.5 Å². The molecule has 0 spiro atoms. The van der Waals surface area contributed by atoms with Crippen LogP contribution in [0.3, 0.4) is 0 Å². The average Bonchev–Trinajstić information content (AvgIpc) is 2.86. The Labute approximate surface area is 129 Å². The summed E-state index contributed by atoms with van der Waals surface area (Å²) in [4.78, 5) is 11.9. The molecule has 0 radical (unpaired) electrons. The van der Waals surface area contributed by atoms with Crippen LogP contribution >= 0.6 is 0 Å². The van der Waals surface area contributed by atoms with Crippen molar-refractivity contribution in [2.75, 3.05) is 5.32 Å². The molecule has 1 N–H and O–H groups in total. The highest BCUT2D eigenvalue weighted by Crippen LogP contribution is 2.16. The maximum absolute atomic E-state index is 11.9. The second kappa shape index (κ2) is 6.72. The van der Waals surface area contributed by atoms with E-state index in [0.29, 0.717) is 17.3 Å². The van der Waals surface area contributed by atoms with Gasteiger partial charge in [0.05, 0.1) is 6.20 Å². The van der Waals surface area contributed by atoms with Crippen molar-refractivity contribution in [3.05, 3.63) is 53.2 Å². The zero-order valence-corrected chi connectivity index (χ0v) is 12.9. The Hall–Kier alpha value is -2.87. The van der Waals surface area contributed by atoms with Gasteiger partial charge in [-0.15, -0.1) is 0 Å². The summed E-state index contributed by atoms with van der Waals surface area (Å²) in [6.45, 7) is 4.28. The molecule has 1 amide bonds. The maximum Gasteiger partial charge on any atom is 0.249 e. The van der Waals surface area contributed by atoms with Gasteiger partial charge in [0.25, 0.3) is 0 Å². The van der Waals surface area contributed by atoms with Gasteiger partial charge < -0.3 is 5.32 Å². The molecule has 112 valence electrons. The molecule has 2 aromatic rings. The fourth-order valence-corrected chi connectivity index (χ4v) is 1.99. The molecule has 0 aliphatic heterocycles. The average molecular weight is 294 g/mol. The third-order valence-corrected chi connectivity index (χ3v) is 3.33. The Balaban J connectivity index is 2.05. The van der Waals surface area contributed by atoms with Crippen molar-refractivity contribution in [2.45, 2.75) is 19.8 Å². The summed E-state index contributed by atoms with van der Waals surface area (Å²) >= 11 is 0. The van der Waals surface area contributed by atoms with Crippen LogP contribution in [0.1, 0.15) is 36.5 Å². The number of amides is 1. The van der Waals surface area contributed by atoms with E-state index < -0.39 is 0 Å². The predicted molar refractivity (Wildman–Crippen MR) is 86.1 cm³/mol. The van der Waals surface area contributed by atoms with Gasteiger partial charge in [-0.3, -0.25) is 9.48 Å². The minimum atomic E-state index is -0.298. The topological polar surface area (TPSA) is 70.7 Å². The first-order chi connectivity index (χ1) is 10.5. The lowest BCUT2D eigenvalue weighted by Crippen LogP contribution is -2.12. The standard InChI is InChI=1S/C17H18N4O/c1-12(2)14-7-4-13(5-8-14)6-9-16(22)20-17-15(10-18)11-19-21(17)3/h4-9,11-12H,1-3H3,(H,20,22)/b9-6+. The Bertz CT molecular complexity index is 733. The van der Waals surface area contributed by atoms with Crippen molar-refractivity contribution >= 4 is 17.8 Å². The molecule has 0 fully saturated rings. The number of aryl methyl sites for hydroxylation is 1. The second-order valence-electron chi connectivity index (χ2n) is 5.29. The van der Waals surface area contributed by atoms with E-state index in [1.54, 1.807) is 13.1 Å². The van der Waals surface area contributed by atoms with Crippen molar-refractivity contribution < 1.29 is 4.79 Å². The first-order valence-corrected chi connectivity index (χ1v) is 7.02. The summed E-state index contributed by atoms with van der Waals surface area (Å²) in [6.07, 6.45) is 4.60. The van der Waals surface area contributed by atoms with Gasteiger partial charge in [-0.25, -0.2) is 0 Å². The summed E-state index contributed by atoms with van der Waals surface area (Å²) in [5, 5.41) is 15.6. The van der Waals surface area contributed by atoms with Crippen molar-refractivity contribution in [1.82, 2.24) is 9.78 Å². The van der Waals surface area contributed by atoms with Crippen LogP contribution in [-0.2, 0) is 11.8 Å². The Kier molecular flexibility index (Phi) is 4.74. The number of nitriles is 1. The second-order valence-corrected chi connectivity index (χ2v) is 5.29. The summed E-state index contributed by atoms with van der Waals surface area (Å²) in [6, 6.07) is 10.0. The quantitative estimate of drug-likeness (QED) is 0.881. The van der Waals surface area contributed by atoms with E-state index in [2.05, 4.69) is 36.4 Å². The maximum atomic E-state index is 11.9. The molecular weight excluding hydrogens is 276 g/mol. The molecule has 22 heavy (non-hydrogen) atoms. The van der Waals surface area contributed by atoms with E-state index in [9.17, 15) is 4.79 Å². The number of hydrogen-bond acceptors (Lipinski definition) is 3. The van der Waals surface area contributed by atoms with Gasteiger partial charge in [-0.2, -0.15) is 10.4 Å². The van der Waals surface area contributed by atoms with Crippen molar-refractivity contribution in [1.29, 1.82) is 5.26 Å². The molecule has 0 saturated carbocycles. The lowest BCUT2D eigenvalue weighted by Gasteiger charge is -2.05. The van der Waals surface area contributed by atoms with Crippen LogP contribution < -0.4 is 5.32 Å². The van der Waals surface area contributed by atoms with E-state index in [-0.39, 0.29) is 5.91 Å². The first-order valence-electron chi connectivity index (χ1n) is 7.02. The first kappa shape index (κ1) is 15.5. The van der Waals surface area contributed by atoms with Crippen LogP contribution in [0.5, 0.6) is 0 Å². The van der Waals surface area contributed by atoms with Crippen LogP contribution in [-0.4, -0.2) is 15.7 Å². The number of aromatic nitrogens is 2. The number of hydrogen-bond donors (Lipinski definition) is 1. The zero-order valence-electron chi connectivity index (χ0n) is 12.9. The van der Waals surface area contributed by atoms with E-state index in [1.807, 2.05) is 18.2 Å². The smallest absolute Gasteiger partial charge is 0.249 e. The lowest BCUT2D eigenvalue weighted by molar-refractivity contribution is -0.111. The Morgan fingerprint density at radius 3 is 2.64 bits per heavy atom. The molecule has 1 heterocycles. The highest BCUT2D eigenvalue weighted by atomic mass is 16.1. The Morgan fingerprint density at radius 2 is 2.05 bits per heavy atom. The van der Waals surface area contributed by atoms with E-state index in [1.165, 1.54) is 22.5 Å². The summed E-state index contributed by atoms with van der Waals surface area (Å²) in [5.74, 6) is 0.580. The third-order valence-electron chi connectivity index (χ3n) is 3.33. The van der Waals surface area contributed by atoms with E-state index in [0.717, 1.165) is 5.56 Å². The molecule has 1 aromatic heterocycles. The van der Waals surface area contributed by atoms with E-state index >= 15 is 0 Å². The molecule has 0 aliphatic rings. The SMILES string of the molecule is CC(C)c1ccc(/C=C/C(=O)Nc2c(C#N)cnn2C)cc1. The third kappa shape index (κ3) is 3.61. The van der Waals surface area contributed by atoms with Gasteiger partial charge in [0, 0.05) is 13.1 Å². The van der Waals surface area contributed by atoms with Gasteiger partial charge in [-0.1, -0.05) is 38.1 Å². The van der Waals surface area contributed by atoms with Crippen molar-refractivity contribution in [3.8, 4) is 6.07 Å². The largest absolute Gasteiger partial charge is 0.306 e. The summed E-state index contributed by atoms with van der Waals surface area (Å²) < 4.78 is 1.46. The number of nitrogens with zero attached hydrogens (tertiary/aromatic N) is 3. The summed E-state index contributed by atoms with van der Waals surface area (Å²) in [5.41, 5.74) is 2.55. The fraction of sp³-hybridized carbons (Fsp3) is 0.235. The number of anilines is 1. The molecule has 1 aromatic carbocycles. The molecule has 0 bridgehead atoms. The number of rotatable bonds is 4. The van der Waals surface area contributed by atoms with Crippen LogP contribution in [0.2, 0.25) is 0 Å². The van der Waals surface area contributed by atoms with Crippen LogP contribution in [0.4, 0.5) is 5.82 Å². The minimum Gasteiger partial charge on any atom is -0.306 e. The van der Waals surface area contributed by atoms with Crippen molar-refractivity contribution in [2.24, 2.45) is 7.05 Å². The molecule has 5 heteroatoms. The monoisotopic (exact) mass is 294 g/mol. The van der Waals surface area contributed by atoms with Crippen molar-refractivity contribution in [3.63, 3.8) is 0 Å². The molecule has 0 unspecified atom stereocenters. The minimum absolute atomic E-state index is 0.298. The fourth-order valence-electron chi connectivity index (χ4n) is 1.99. The summed E-state index contributed by atoms with van der Waals surface area (Å²) in [7, 11) is 1.67. The van der Waals surface area contributed by atoms with E-state index in [4.69, 9.17) is 5.26 Å². The molecule has 0 saturated heterocycles. The molecular formula is C17H18N4O. The highest BCUT2D eigenvalue weighted by Gasteiger charge is 2.09. The molecule has 0 aliphatic carbocycles. The predicted octanol–water partition coefficient (Wildman–Crippen LogP) is 3.07. The lowest BCUT2D eigenvalue weighted by atomic mass is 10.0. The molecule has 0 atom stereocenters. The van der Waals surface area contributed by atoms with Crippen LogP contribution in [0, 0.1) is 11.3 Å². The number of benzene rings is 1. The number of carbonyl (C=O) groups excluding carboxylic acids is 1. The number of carbonyl (C=O) groups is 1. The van der Waals surface area contributed by atoms with Gasteiger partial charge in [-0.05, 0) is 23.1 Å². The van der Waals surface area contributed by atoms with Crippen LogP contribution in [0.15, 0.2) is 36.5 Å². The van der Waals surface area contributed by atoms with Crippen LogP contribution in [0.25, 0.3) is 6.08 Å². The van der Waals surface area contributed by atoms with Gasteiger partial charge >= 0.3 is 0 Å². The van der Waals surface area contributed by atoms with Gasteiger partial charge in [0.2, 0.25) is 5.91 Å². The van der Waals surface area contributed by atoms with Gasteiger partial charge in [0.15, 0.2) is 0 Å². The number of nitrogens with one attached hydrogen (secondary N) is 1. The Morgan fingerprint density at radius 1 is 1.36 bits per heavy atom. The highest BCUT2D eigenvalue weighted by molar-refractivity contribution is 6.02. The normalized spacial score (nSPS) is 10.9. The molecule has 5 nitrogen and oxygen atoms in total. The molecule has 2 rings (SSSR count).